The van der Waals surface area contributed by atoms with Crippen LogP contribution in [0.15, 0.2) is 30.3 Å². The zero-order chi connectivity index (χ0) is 93.9. The van der Waals surface area contributed by atoms with Crippen LogP contribution in [0, 0.1) is 11.8 Å². The summed E-state index contributed by atoms with van der Waals surface area (Å²) in [7, 11) is 0. The Bertz CT molecular complexity index is 3980. The summed E-state index contributed by atoms with van der Waals surface area (Å²) < 4.78 is 0. The first-order chi connectivity index (χ1) is 58.0. The Morgan fingerprint density at radius 2 is 0.734 bits per heavy atom. The molecule has 28 N–H and O–H groups in total. The molecule has 15 atom stereocenters. The zero-order valence-corrected chi connectivity index (χ0v) is 68.8. The van der Waals surface area contributed by atoms with Crippen LogP contribution in [0.2, 0.25) is 0 Å². The first-order valence-corrected chi connectivity index (χ1v) is 39.5. The molecule has 1 heterocycles. The van der Waals surface area contributed by atoms with Gasteiger partial charge in [-0.25, -0.2) is 4.79 Å². The predicted molar refractivity (Wildman–Crippen MR) is 423 cm³/mol. The first kappa shape index (κ1) is 107. The van der Waals surface area contributed by atoms with E-state index in [0.29, 0.717) is 5.56 Å². The number of nitrogens with one attached hydrogen (secondary N) is 13. The van der Waals surface area contributed by atoms with Crippen LogP contribution in [0.4, 0.5) is 0 Å². The third-order valence-corrected chi connectivity index (χ3v) is 18.7. The number of unbranched alkanes of at least 4 members (excludes halogenated alkanes) is 1. The number of benzene rings is 1. The van der Waals surface area contributed by atoms with Crippen LogP contribution >= 0.6 is 0 Å². The lowest BCUT2D eigenvalue weighted by Gasteiger charge is -2.31. The van der Waals surface area contributed by atoms with Gasteiger partial charge in [-0.1, -0.05) is 58.0 Å². The topological polar surface area (TPSA) is 812 Å². The maximum Gasteiger partial charge on any atom is 0.326 e. The number of hydrogen-bond donors (Lipinski definition) is 25. The highest BCUT2D eigenvalue weighted by atomic mass is 16.4. The second-order valence-electron chi connectivity index (χ2n) is 30.1. The fourth-order valence-electron chi connectivity index (χ4n) is 12.3. The van der Waals surface area contributed by atoms with E-state index in [0.717, 1.165) is 4.90 Å². The molecule has 690 valence electrons. The molecule has 0 radical (unpaired) electrons. The van der Waals surface area contributed by atoms with Crippen molar-refractivity contribution in [3.8, 4) is 0 Å². The van der Waals surface area contributed by atoms with E-state index in [4.69, 9.17) is 17.2 Å². The Balaban J connectivity index is 2.53. The fourth-order valence-corrected chi connectivity index (χ4v) is 12.3. The Morgan fingerprint density at radius 1 is 0.395 bits per heavy atom. The summed E-state index contributed by atoms with van der Waals surface area (Å²) in [6.45, 7) is 6.27. The van der Waals surface area contributed by atoms with Gasteiger partial charge in [0.05, 0.1) is 31.9 Å². The Hall–Kier alpha value is -13.1. The van der Waals surface area contributed by atoms with Gasteiger partial charge in [0.1, 0.15) is 84.6 Å². The molecule has 1 aromatic carbocycles. The second-order valence-corrected chi connectivity index (χ2v) is 30.1. The molecule has 0 bridgehead atoms. The van der Waals surface area contributed by atoms with Gasteiger partial charge in [-0.3, -0.25) is 105 Å². The van der Waals surface area contributed by atoms with Crippen molar-refractivity contribution in [2.75, 3.05) is 19.6 Å². The number of carbonyl (C=O) groups excluding carboxylic acids is 15. The highest BCUT2D eigenvalue weighted by Gasteiger charge is 2.43. The minimum Gasteiger partial charge on any atom is -0.481 e. The highest BCUT2D eigenvalue weighted by molar-refractivity contribution is 6.02. The van der Waals surface area contributed by atoms with Crippen molar-refractivity contribution in [2.24, 2.45) is 29.0 Å². The number of aliphatic hydroxyl groups excluding tert-OH is 1. The number of primary amides is 1. The number of aliphatic hydroxyl groups is 1. The summed E-state index contributed by atoms with van der Waals surface area (Å²) in [5, 5.41) is 117. The van der Waals surface area contributed by atoms with Gasteiger partial charge in [-0.15, -0.1) is 0 Å². The van der Waals surface area contributed by atoms with E-state index in [1.807, 2.05) is 5.32 Å². The average molecular weight is 1760 g/mol. The molecule has 1 fully saturated rings. The molecule has 1 aromatic rings. The fraction of sp³-hybridized carbons (Fsp3) is 0.613. The smallest absolute Gasteiger partial charge is 0.326 e. The van der Waals surface area contributed by atoms with Crippen LogP contribution in [-0.4, -0.2) is 298 Å². The molecule has 49 heteroatoms. The first-order valence-electron chi connectivity index (χ1n) is 39.5. The third-order valence-electron chi connectivity index (χ3n) is 18.7. The van der Waals surface area contributed by atoms with Crippen molar-refractivity contribution < 1.29 is 156 Å². The van der Waals surface area contributed by atoms with E-state index in [1.54, 1.807) is 44.2 Å². The number of likely N-dealkylation sites (tertiary alicyclic amines) is 1. The molecule has 0 aromatic heterocycles. The number of carboxylic acids is 8. The van der Waals surface area contributed by atoms with Gasteiger partial charge in [-0.05, 0) is 108 Å². The van der Waals surface area contributed by atoms with Gasteiger partial charge in [-0.2, -0.15) is 0 Å². The van der Waals surface area contributed by atoms with Crippen LogP contribution in [0.25, 0.3) is 0 Å². The van der Waals surface area contributed by atoms with Crippen molar-refractivity contribution in [1.29, 1.82) is 0 Å². The molecule has 49 nitrogen and oxygen atoms in total. The summed E-state index contributed by atoms with van der Waals surface area (Å²) in [5.74, 6) is -32.8. The quantitative estimate of drug-likeness (QED) is 0.0269. The molecule has 124 heavy (non-hydrogen) atoms. The zero-order valence-electron chi connectivity index (χ0n) is 68.8. The number of hydrogen-bond acceptors (Lipinski definition) is 26. The number of carboxylic acid groups (broad SMARTS) is 8. The molecule has 1 saturated heterocycles. The van der Waals surface area contributed by atoms with Gasteiger partial charge in [0.25, 0.3) is 0 Å². The van der Waals surface area contributed by atoms with Gasteiger partial charge >= 0.3 is 47.8 Å². The van der Waals surface area contributed by atoms with Crippen molar-refractivity contribution in [3.05, 3.63) is 35.9 Å². The lowest BCUT2D eigenvalue weighted by Crippen LogP contribution is -2.61. The molecule has 1 aliphatic rings. The van der Waals surface area contributed by atoms with E-state index in [1.165, 1.54) is 20.8 Å². The van der Waals surface area contributed by atoms with Crippen molar-refractivity contribution >= 4 is 136 Å². The number of rotatable bonds is 60. The summed E-state index contributed by atoms with van der Waals surface area (Å²) in [5.41, 5.74) is 17.2. The molecule has 15 amide bonds. The molecular weight excluding hydrogens is 1650 g/mol. The van der Waals surface area contributed by atoms with Gasteiger partial charge in [0.15, 0.2) is 0 Å². The number of carbonyl (C=O) groups is 23. The van der Waals surface area contributed by atoms with Gasteiger partial charge in [0.2, 0.25) is 88.6 Å². The maximum absolute atomic E-state index is 14.6. The molecular formula is C75H113N17O32. The third kappa shape index (κ3) is 41.0. The molecule has 0 saturated carbocycles. The largest absolute Gasteiger partial charge is 0.481 e. The van der Waals surface area contributed by atoms with Crippen LogP contribution in [0.1, 0.15) is 169 Å². The van der Waals surface area contributed by atoms with Crippen LogP contribution < -0.4 is 86.3 Å². The monoisotopic (exact) mass is 1760 g/mol. The maximum atomic E-state index is 14.6. The number of amides is 15. The Kier molecular flexibility index (Phi) is 46.9. The SMILES string of the molecule is CC(C)C[C@H](NC(=O)[C@H](CC(=O)O)NC(=O)[C@H](CCCCN)NC(=O)[C@H](CC(=O)O)NC(=O)[C@H](CCC(=O)O)NC(=O)[C@H](CCC(=O)O)NC(=O)CNC(=O)[C@H](CC(C)C)NC(=O)[C@@H](N)[C@@H](C)O)C(=O)N[C@@H](CC(=O)O)C(=O)N[C@@H](CCC(=O)O)C(=O)N1CCC[C@H]1C(=O)N[C@@H](CCC(=O)O)C(=O)N[C@@H](CCC(N)=O)C(=O)N[C@@H](Cc1ccccc1)C(=O)O. The Morgan fingerprint density at radius 3 is 1.12 bits per heavy atom. The van der Waals surface area contributed by atoms with Crippen molar-refractivity contribution in [1.82, 2.24) is 74.0 Å². The summed E-state index contributed by atoms with van der Waals surface area (Å²) in [6, 6.07) is -18.1. The molecule has 0 spiro atoms. The van der Waals surface area contributed by atoms with Crippen LogP contribution in [0.5, 0.6) is 0 Å². The summed E-state index contributed by atoms with van der Waals surface area (Å²) >= 11 is 0. The van der Waals surface area contributed by atoms with Gasteiger partial charge < -0.3 is 137 Å². The standard InChI is InChI=1S/C75H113N17O32/c1-35(2)28-45(90-73(121)61(78)37(5)93)62(110)79-34-53(95)80-40(17-22-54(96)97)64(112)83-42(18-23-55(98)99)66(114)88-47(31-58(104)105)69(117)81-39(14-9-10-26-76)63(111)87-49(33-60(108)109)71(119)86-46(29-36(3)4)68(116)89-48(32-59(106)107)70(118)85-44(20-25-57(102)103)74(122)92-27-11-15-51(92)72(120)84-43(19-24-56(100)101)65(113)82-41(16-21-52(77)94)67(115)91-50(75(123)124)30-38-12-7-6-8-13-38/h6-8,12-13,35-37,39-51,61,93H,9-11,14-34,76,78H2,1-5H3,(H2,77,94)(H,79,110)(H,80,95)(H,81,117)(H,82,113)(H,83,112)(H,84,120)(H,85,118)(H,86,119)(H,87,111)(H,88,114)(H,89,116)(H,90,121)(H,91,115)(H,96,97)(H,98,99)(H,100,101)(H,102,103)(H,104,105)(H,106,107)(H,108,109)(H,123,124)/t37-,39+,40+,41+,42+,43+,44+,45+,46+,47+,48+,49+,50+,51+,61+/m1/s1. The minimum absolute atomic E-state index is 0.00645. The Labute approximate surface area is 708 Å². The number of aliphatic carboxylic acids is 8. The molecule has 1 aliphatic heterocycles. The molecule has 2 rings (SSSR count). The lowest BCUT2D eigenvalue weighted by atomic mass is 10.0. The predicted octanol–water partition coefficient (Wildman–Crippen LogP) is -7.68. The van der Waals surface area contributed by atoms with E-state index < -0.39 is 336 Å². The summed E-state index contributed by atoms with van der Waals surface area (Å²) in [6.07, 6.45) is -14.3. The van der Waals surface area contributed by atoms with Crippen LogP contribution in [-0.2, 0) is 117 Å². The number of nitrogens with zero attached hydrogens (tertiary/aromatic N) is 1. The summed E-state index contributed by atoms with van der Waals surface area (Å²) in [4.78, 5) is 305. The van der Waals surface area contributed by atoms with E-state index in [2.05, 4.69) is 63.8 Å². The van der Waals surface area contributed by atoms with E-state index in [9.17, 15) is 156 Å². The van der Waals surface area contributed by atoms with E-state index >= 15 is 0 Å². The van der Waals surface area contributed by atoms with Gasteiger partial charge in [0, 0.05) is 45.1 Å². The number of nitrogens with two attached hydrogens (primary N) is 3. The van der Waals surface area contributed by atoms with Crippen LogP contribution in [0.3, 0.4) is 0 Å². The lowest BCUT2D eigenvalue weighted by molar-refractivity contribution is -0.144. The second kappa shape index (κ2) is 54.3. The normalized spacial score (nSPS) is 15.7. The minimum atomic E-state index is -2.27. The average Bonchev–Trinajstić information content (AvgIpc) is 1.63. The van der Waals surface area contributed by atoms with Crippen molar-refractivity contribution in [3.63, 3.8) is 0 Å². The highest BCUT2D eigenvalue weighted by Crippen LogP contribution is 2.22. The van der Waals surface area contributed by atoms with Crippen molar-refractivity contribution in [2.45, 2.75) is 260 Å². The molecule has 0 unspecified atom stereocenters. The molecule has 0 aliphatic carbocycles. The van der Waals surface area contributed by atoms with E-state index in [-0.39, 0.29) is 57.5 Å².